The maximum Gasteiger partial charge on any atom is 0.573 e. The molecule has 0 unspecified atom stereocenters. The summed E-state index contributed by atoms with van der Waals surface area (Å²) in [5.74, 6) is 0.663. The van der Waals surface area contributed by atoms with Gasteiger partial charge in [0.05, 0.1) is 0 Å². The summed E-state index contributed by atoms with van der Waals surface area (Å²) in [4.78, 5) is 0. The fourth-order valence-corrected chi connectivity index (χ4v) is 1.72. The van der Waals surface area contributed by atoms with Crippen LogP contribution >= 0.6 is 0 Å². The van der Waals surface area contributed by atoms with E-state index in [4.69, 9.17) is 0 Å². The molecule has 0 heterocycles. The van der Waals surface area contributed by atoms with Gasteiger partial charge in [0.15, 0.2) is 0 Å². The molecule has 0 aliphatic heterocycles. The Labute approximate surface area is 93.3 Å². The second-order valence-electron chi connectivity index (χ2n) is 4.20. The molecule has 1 saturated carbocycles. The number of halogens is 3. The van der Waals surface area contributed by atoms with E-state index in [1.807, 2.05) is 0 Å². The largest absolute Gasteiger partial charge is 0.573 e. The van der Waals surface area contributed by atoms with E-state index in [0.29, 0.717) is 11.8 Å². The van der Waals surface area contributed by atoms with E-state index in [1.54, 1.807) is 6.08 Å². The minimum atomic E-state index is -4.67. The van der Waals surface area contributed by atoms with E-state index in [2.05, 4.69) is 24.8 Å². The SMILES string of the molecule is C=C(/C=C\C(=C)C1CC(C)C1)OC(F)(F)F. The Morgan fingerprint density at radius 3 is 2.25 bits per heavy atom. The summed E-state index contributed by atoms with van der Waals surface area (Å²) in [7, 11) is 0. The molecule has 0 spiro atoms. The van der Waals surface area contributed by atoms with Crippen molar-refractivity contribution < 1.29 is 17.9 Å². The Bertz CT molecular complexity index is 309. The highest BCUT2D eigenvalue weighted by molar-refractivity contribution is 5.25. The summed E-state index contributed by atoms with van der Waals surface area (Å²) < 4.78 is 39.0. The standard InChI is InChI=1S/C12H15F3O/c1-8-6-11(7-8)9(2)4-5-10(3)16-12(13,14)15/h4-5,8,11H,2-3,6-7H2,1H3/b5-4-. The van der Waals surface area contributed by atoms with Gasteiger partial charge in [-0.25, -0.2) is 0 Å². The Morgan fingerprint density at radius 2 is 1.81 bits per heavy atom. The lowest BCUT2D eigenvalue weighted by molar-refractivity contribution is -0.303. The van der Waals surface area contributed by atoms with Crippen LogP contribution in [0.3, 0.4) is 0 Å². The van der Waals surface area contributed by atoms with Crippen LogP contribution in [0.15, 0.2) is 36.6 Å². The van der Waals surface area contributed by atoms with Crippen molar-refractivity contribution in [1.29, 1.82) is 0 Å². The highest BCUT2D eigenvalue weighted by atomic mass is 19.4. The van der Waals surface area contributed by atoms with Gasteiger partial charge in [-0.15, -0.1) is 13.2 Å². The third-order valence-corrected chi connectivity index (χ3v) is 2.63. The zero-order valence-corrected chi connectivity index (χ0v) is 9.18. The summed E-state index contributed by atoms with van der Waals surface area (Å²) in [6, 6.07) is 0. The van der Waals surface area contributed by atoms with Gasteiger partial charge in [-0.2, -0.15) is 0 Å². The second kappa shape index (κ2) is 4.76. The van der Waals surface area contributed by atoms with E-state index in [9.17, 15) is 13.2 Å². The highest BCUT2D eigenvalue weighted by Crippen LogP contribution is 2.38. The lowest BCUT2D eigenvalue weighted by Crippen LogP contribution is -2.21. The first-order valence-corrected chi connectivity index (χ1v) is 5.09. The van der Waals surface area contributed by atoms with Gasteiger partial charge in [0.1, 0.15) is 5.76 Å². The van der Waals surface area contributed by atoms with Crippen LogP contribution in [0.4, 0.5) is 13.2 Å². The fraction of sp³-hybridized carbons (Fsp3) is 0.500. The molecular weight excluding hydrogens is 217 g/mol. The van der Waals surface area contributed by atoms with E-state index >= 15 is 0 Å². The van der Waals surface area contributed by atoms with Crippen molar-refractivity contribution in [1.82, 2.24) is 0 Å². The Kier molecular flexibility index (Phi) is 3.83. The van der Waals surface area contributed by atoms with Gasteiger partial charge in [-0.05, 0) is 30.8 Å². The molecule has 1 aliphatic carbocycles. The van der Waals surface area contributed by atoms with Crippen LogP contribution < -0.4 is 0 Å². The van der Waals surface area contributed by atoms with E-state index in [1.165, 1.54) is 6.08 Å². The highest BCUT2D eigenvalue weighted by Gasteiger charge is 2.31. The van der Waals surface area contributed by atoms with Gasteiger partial charge in [-0.1, -0.05) is 31.7 Å². The lowest BCUT2D eigenvalue weighted by Gasteiger charge is -2.33. The molecule has 0 atom stereocenters. The third kappa shape index (κ3) is 4.13. The maximum absolute atomic E-state index is 11.8. The minimum absolute atomic E-state index is 0.393. The zero-order chi connectivity index (χ0) is 12.3. The molecule has 4 heteroatoms. The molecule has 0 saturated heterocycles. The predicted octanol–water partition coefficient (Wildman–Crippen LogP) is 4.20. The first-order chi connectivity index (χ1) is 7.28. The minimum Gasteiger partial charge on any atom is -0.406 e. The molecule has 0 aromatic rings. The average molecular weight is 232 g/mol. The topological polar surface area (TPSA) is 9.23 Å². The summed E-state index contributed by atoms with van der Waals surface area (Å²) in [5.41, 5.74) is 0.838. The molecular formula is C12H15F3O. The normalized spacial score (nSPS) is 25.2. The second-order valence-corrected chi connectivity index (χ2v) is 4.20. The Balaban J connectivity index is 2.36. The predicted molar refractivity (Wildman–Crippen MR) is 56.4 cm³/mol. The number of alkyl halides is 3. The van der Waals surface area contributed by atoms with Gasteiger partial charge in [0, 0.05) is 0 Å². The molecule has 1 nitrogen and oxygen atoms in total. The molecule has 0 aromatic heterocycles. The van der Waals surface area contributed by atoms with Crippen LogP contribution in [0, 0.1) is 11.8 Å². The summed E-state index contributed by atoms with van der Waals surface area (Å²) in [6.45, 7) is 9.11. The Hall–Kier alpha value is -1.19. The van der Waals surface area contributed by atoms with Crippen LogP contribution in [0.2, 0.25) is 0 Å². The van der Waals surface area contributed by atoms with Crippen molar-refractivity contribution in [3.63, 3.8) is 0 Å². The van der Waals surface area contributed by atoms with E-state index in [0.717, 1.165) is 18.4 Å². The van der Waals surface area contributed by atoms with Crippen molar-refractivity contribution in [3.05, 3.63) is 36.6 Å². The van der Waals surface area contributed by atoms with Gasteiger partial charge in [-0.3, -0.25) is 0 Å². The first-order valence-electron chi connectivity index (χ1n) is 5.09. The summed E-state index contributed by atoms with van der Waals surface area (Å²) in [5, 5.41) is 0. The smallest absolute Gasteiger partial charge is 0.406 e. The van der Waals surface area contributed by atoms with Crippen LogP contribution in [-0.2, 0) is 4.74 Å². The molecule has 1 rings (SSSR count). The molecule has 0 radical (unpaired) electrons. The van der Waals surface area contributed by atoms with E-state index in [-0.39, 0.29) is 0 Å². The molecule has 0 amide bonds. The molecule has 0 N–H and O–H groups in total. The van der Waals surface area contributed by atoms with Crippen molar-refractivity contribution in [2.24, 2.45) is 11.8 Å². The quantitative estimate of drug-likeness (QED) is 0.521. The van der Waals surface area contributed by atoms with Crippen molar-refractivity contribution in [2.45, 2.75) is 26.1 Å². The molecule has 0 bridgehead atoms. The maximum atomic E-state index is 11.8. The van der Waals surface area contributed by atoms with Gasteiger partial charge < -0.3 is 4.74 Å². The van der Waals surface area contributed by atoms with Crippen LogP contribution in [0.1, 0.15) is 19.8 Å². The molecule has 1 aliphatic rings. The monoisotopic (exact) mass is 232 g/mol. The third-order valence-electron chi connectivity index (χ3n) is 2.63. The van der Waals surface area contributed by atoms with Crippen molar-refractivity contribution in [3.8, 4) is 0 Å². The number of allylic oxidation sites excluding steroid dienone is 3. The Morgan fingerprint density at radius 1 is 1.25 bits per heavy atom. The molecule has 1 fully saturated rings. The lowest BCUT2D eigenvalue weighted by atomic mass is 9.72. The molecule has 0 aromatic carbocycles. The van der Waals surface area contributed by atoms with Gasteiger partial charge in [0.2, 0.25) is 0 Å². The van der Waals surface area contributed by atoms with Crippen molar-refractivity contribution in [2.75, 3.05) is 0 Å². The molecule has 16 heavy (non-hydrogen) atoms. The number of hydrogen-bond acceptors (Lipinski definition) is 1. The molecule has 90 valence electrons. The zero-order valence-electron chi connectivity index (χ0n) is 9.18. The van der Waals surface area contributed by atoms with E-state index < -0.39 is 12.1 Å². The van der Waals surface area contributed by atoms with Crippen LogP contribution in [0.25, 0.3) is 0 Å². The number of rotatable bonds is 4. The van der Waals surface area contributed by atoms with Gasteiger partial charge in [0.25, 0.3) is 0 Å². The fourth-order valence-electron chi connectivity index (χ4n) is 1.72. The van der Waals surface area contributed by atoms with Gasteiger partial charge >= 0.3 is 6.36 Å². The van der Waals surface area contributed by atoms with Crippen LogP contribution in [-0.4, -0.2) is 6.36 Å². The number of ether oxygens (including phenoxy) is 1. The summed E-state index contributed by atoms with van der Waals surface area (Å²) >= 11 is 0. The first kappa shape index (κ1) is 12.9. The van der Waals surface area contributed by atoms with Crippen LogP contribution in [0.5, 0.6) is 0 Å². The summed E-state index contributed by atoms with van der Waals surface area (Å²) in [6.07, 6.45) is 0.183. The number of hydrogen-bond donors (Lipinski definition) is 0. The average Bonchev–Trinajstić information content (AvgIpc) is 2.06. The van der Waals surface area contributed by atoms with Crippen molar-refractivity contribution >= 4 is 0 Å².